The van der Waals surface area contributed by atoms with Crippen molar-refractivity contribution in [2.75, 3.05) is 0 Å². The van der Waals surface area contributed by atoms with E-state index in [-0.39, 0.29) is 0 Å². The first-order valence-electron chi connectivity index (χ1n) is 24.5. The molecule has 2 saturated heterocycles. The zero-order valence-corrected chi connectivity index (χ0v) is 42.0. The van der Waals surface area contributed by atoms with Crippen molar-refractivity contribution in [3.8, 4) is 23.0 Å². The quantitative estimate of drug-likeness (QED) is 0.0695. The summed E-state index contributed by atoms with van der Waals surface area (Å²) in [5.74, 6) is 0.909. The Hall–Kier alpha value is -8.96. The fraction of sp³-hybridized carbons (Fsp3) is 0.0938. The molecule has 2 heterocycles. The van der Waals surface area contributed by atoms with Crippen molar-refractivity contribution < 1.29 is 38.1 Å². The van der Waals surface area contributed by atoms with Crippen molar-refractivity contribution in [2.24, 2.45) is 0 Å². The van der Waals surface area contributed by atoms with E-state index in [0.29, 0.717) is 67.5 Å². The number of nitrogens with zero attached hydrogens (tertiary/aromatic N) is 2. The molecule has 9 aromatic carbocycles. The van der Waals surface area contributed by atoms with Gasteiger partial charge in [-0.2, -0.15) is 0 Å². The lowest BCUT2D eigenvalue weighted by atomic mass is 9.75. The zero-order chi connectivity index (χ0) is 52.2. The number of hydrogen-bond donors (Lipinski definition) is 0. The largest absolute Gasteiger partial charge is 0.457 e. The standard InChI is InChI=1S/C64H46Cl2N2O8/c65-55(57-59(69)67(61(71)75-57)63(45-19-7-1-8-20-45,46-21-9-2-10-22-46)47-23-11-3-12-24-47)43-31-35-51(36-32-43)73-53-39-41-54(42-40-53)74-52-37-33-44(34-38-52)56(66)58-60(70)68(62(72)76-58)64(48-25-13-4-14-26-48,49-27-15-5-16-28-49)50-29-17-6-18-30-50/h1-42,55-58H. The van der Waals surface area contributed by atoms with Gasteiger partial charge in [0.25, 0.3) is 11.8 Å². The Morgan fingerprint density at radius 1 is 0.329 bits per heavy atom. The molecule has 0 aliphatic carbocycles. The average Bonchev–Trinajstić information content (AvgIpc) is 4.07. The molecule has 11 rings (SSSR count). The molecule has 0 N–H and O–H groups in total. The number of amides is 4. The lowest BCUT2D eigenvalue weighted by Gasteiger charge is -2.41. The summed E-state index contributed by atoms with van der Waals surface area (Å²) in [6.45, 7) is 0. The number of benzene rings is 9. The van der Waals surface area contributed by atoms with Crippen molar-refractivity contribution in [2.45, 2.75) is 34.0 Å². The van der Waals surface area contributed by atoms with E-state index in [0.717, 1.165) is 0 Å². The molecule has 0 spiro atoms. The molecule has 0 saturated carbocycles. The second kappa shape index (κ2) is 21.1. The van der Waals surface area contributed by atoms with E-state index in [1.54, 1.807) is 72.8 Å². The van der Waals surface area contributed by atoms with E-state index >= 15 is 0 Å². The van der Waals surface area contributed by atoms with E-state index in [1.165, 1.54) is 9.80 Å². The van der Waals surface area contributed by atoms with E-state index in [1.807, 2.05) is 182 Å². The second-order valence-electron chi connectivity index (χ2n) is 18.2. The maximum atomic E-state index is 14.6. The predicted molar refractivity (Wildman–Crippen MR) is 289 cm³/mol. The van der Waals surface area contributed by atoms with Crippen molar-refractivity contribution in [1.82, 2.24) is 9.80 Å². The molecule has 2 aliphatic heterocycles. The summed E-state index contributed by atoms with van der Waals surface area (Å²) in [5.41, 5.74) is 2.63. The molecular weight excluding hydrogens is 996 g/mol. The van der Waals surface area contributed by atoms with Crippen LogP contribution in [0.5, 0.6) is 23.0 Å². The molecule has 9 aromatic rings. The normalized spacial score (nSPS) is 16.4. The number of ether oxygens (including phenoxy) is 4. The van der Waals surface area contributed by atoms with Crippen molar-refractivity contribution in [3.63, 3.8) is 0 Å². The first-order valence-corrected chi connectivity index (χ1v) is 25.4. The molecule has 76 heavy (non-hydrogen) atoms. The predicted octanol–water partition coefficient (Wildman–Crippen LogP) is 14.5. The van der Waals surface area contributed by atoms with Crippen LogP contribution in [0.2, 0.25) is 0 Å². The minimum Gasteiger partial charge on any atom is -0.457 e. The van der Waals surface area contributed by atoms with Gasteiger partial charge in [-0.15, -0.1) is 23.2 Å². The average molecular weight is 1040 g/mol. The molecular formula is C64H46Cl2N2O8. The van der Waals surface area contributed by atoms with Gasteiger partial charge < -0.3 is 18.9 Å². The SMILES string of the molecule is O=C1OC(C(Cl)c2ccc(Oc3ccc(Oc4ccc(C(Cl)C5OC(=O)N(C(c6ccccc6)(c6ccccc6)c6ccccc6)C5=O)cc4)cc3)cc2)C(=O)N1C(c1ccccc1)(c1ccccc1)c1ccccc1. The molecule has 10 nitrogen and oxygen atoms in total. The van der Waals surface area contributed by atoms with E-state index in [4.69, 9.17) is 42.1 Å². The molecule has 0 radical (unpaired) electrons. The van der Waals surface area contributed by atoms with E-state index in [2.05, 4.69) is 0 Å². The molecule has 4 unspecified atom stereocenters. The Kier molecular flexibility index (Phi) is 13.7. The van der Waals surface area contributed by atoms with Crippen molar-refractivity contribution >= 4 is 47.2 Å². The van der Waals surface area contributed by atoms with Crippen LogP contribution in [-0.2, 0) is 30.1 Å². The van der Waals surface area contributed by atoms with Gasteiger partial charge in [0, 0.05) is 0 Å². The van der Waals surface area contributed by atoms with Gasteiger partial charge in [0.05, 0.1) is 0 Å². The maximum Gasteiger partial charge on any atom is 0.418 e. The Balaban J connectivity index is 0.754. The monoisotopic (exact) mass is 1040 g/mol. The van der Waals surface area contributed by atoms with Crippen LogP contribution in [0.4, 0.5) is 9.59 Å². The van der Waals surface area contributed by atoms with Crippen molar-refractivity contribution in [3.05, 3.63) is 299 Å². The third-order valence-electron chi connectivity index (χ3n) is 13.8. The second-order valence-corrected chi connectivity index (χ2v) is 19.1. The minimum atomic E-state index is -1.36. The van der Waals surface area contributed by atoms with Crippen LogP contribution >= 0.6 is 23.2 Å². The van der Waals surface area contributed by atoms with Gasteiger partial charge in [-0.3, -0.25) is 9.59 Å². The van der Waals surface area contributed by atoms with Gasteiger partial charge in [0.1, 0.15) is 44.8 Å². The smallest absolute Gasteiger partial charge is 0.418 e. The first-order chi connectivity index (χ1) is 37.2. The minimum absolute atomic E-state index is 0.501. The number of imide groups is 2. The molecule has 12 heteroatoms. The summed E-state index contributed by atoms with van der Waals surface area (Å²) in [6, 6.07) is 77.4. The highest BCUT2D eigenvalue weighted by Crippen LogP contribution is 2.49. The number of carbonyl (C=O) groups excluding carboxylic acids is 4. The van der Waals surface area contributed by atoms with Gasteiger partial charge in [0.15, 0.2) is 0 Å². The summed E-state index contributed by atoms with van der Waals surface area (Å²) in [6.07, 6.45) is -4.24. The Morgan fingerprint density at radius 3 is 0.763 bits per heavy atom. The van der Waals surface area contributed by atoms with Crippen LogP contribution in [0, 0.1) is 0 Å². The summed E-state index contributed by atoms with van der Waals surface area (Å²) < 4.78 is 24.1. The number of halogens is 2. The van der Waals surface area contributed by atoms with Crippen LogP contribution in [0.3, 0.4) is 0 Å². The Morgan fingerprint density at radius 2 is 0.539 bits per heavy atom. The summed E-state index contributed by atoms with van der Waals surface area (Å²) in [5, 5.41) is -2.04. The third-order valence-corrected chi connectivity index (χ3v) is 14.8. The van der Waals surface area contributed by atoms with Crippen molar-refractivity contribution in [1.29, 1.82) is 0 Å². The fourth-order valence-electron chi connectivity index (χ4n) is 10.3. The molecule has 4 atom stereocenters. The fourth-order valence-corrected chi connectivity index (χ4v) is 10.9. The highest BCUT2D eigenvalue weighted by atomic mass is 35.5. The molecule has 374 valence electrons. The van der Waals surface area contributed by atoms with Gasteiger partial charge in [0.2, 0.25) is 12.2 Å². The lowest BCUT2D eigenvalue weighted by molar-refractivity contribution is -0.133. The summed E-state index contributed by atoms with van der Waals surface area (Å²) >= 11 is 14.1. The number of carbonyl (C=O) groups is 4. The molecule has 0 aromatic heterocycles. The van der Waals surface area contributed by atoms with Crippen LogP contribution in [0.15, 0.2) is 255 Å². The Labute approximate surface area is 449 Å². The van der Waals surface area contributed by atoms with E-state index < -0.39 is 58.0 Å². The topological polar surface area (TPSA) is 112 Å². The van der Waals surface area contributed by atoms with Crippen LogP contribution in [-0.4, -0.2) is 46.0 Å². The van der Waals surface area contributed by atoms with Gasteiger partial charge in [-0.05, 0) is 93.0 Å². The van der Waals surface area contributed by atoms with Gasteiger partial charge in [-0.1, -0.05) is 206 Å². The molecule has 2 fully saturated rings. The highest BCUT2D eigenvalue weighted by molar-refractivity contribution is 6.24. The first kappa shape index (κ1) is 49.3. The zero-order valence-electron chi connectivity index (χ0n) is 40.5. The number of cyclic esters (lactones) is 2. The molecule has 4 amide bonds. The third kappa shape index (κ3) is 8.91. The maximum absolute atomic E-state index is 14.6. The van der Waals surface area contributed by atoms with Crippen LogP contribution < -0.4 is 9.47 Å². The van der Waals surface area contributed by atoms with Gasteiger partial charge in [-0.25, -0.2) is 19.4 Å². The Bertz CT molecular complexity index is 3060. The molecule has 0 bridgehead atoms. The number of hydrogen-bond acceptors (Lipinski definition) is 8. The van der Waals surface area contributed by atoms with Gasteiger partial charge >= 0.3 is 12.2 Å². The van der Waals surface area contributed by atoms with Crippen LogP contribution in [0.25, 0.3) is 0 Å². The van der Waals surface area contributed by atoms with Crippen LogP contribution in [0.1, 0.15) is 55.3 Å². The molecule has 2 aliphatic rings. The van der Waals surface area contributed by atoms with E-state index in [9.17, 15) is 19.2 Å². The number of alkyl halides is 2. The summed E-state index contributed by atoms with van der Waals surface area (Å²) in [4.78, 5) is 59.9. The summed E-state index contributed by atoms with van der Waals surface area (Å²) in [7, 11) is 0. The highest BCUT2D eigenvalue weighted by Gasteiger charge is 2.58. The lowest BCUT2D eigenvalue weighted by Crippen LogP contribution is -2.51. The number of rotatable bonds is 16.